The lowest BCUT2D eigenvalue weighted by atomic mass is 9.99. The molecular weight excluding hydrogens is 734 g/mol. The van der Waals surface area contributed by atoms with Crippen LogP contribution in [-0.2, 0) is 7.05 Å². The second-order valence-corrected chi connectivity index (χ2v) is 12.7. The number of fused-ring (bicyclic) bond motifs is 3. The zero-order chi connectivity index (χ0) is 38.9. The molecule has 12 heteroatoms. The van der Waals surface area contributed by atoms with Crippen LogP contribution in [-0.4, -0.2) is 4.57 Å². The van der Waals surface area contributed by atoms with Crippen LogP contribution in [0.1, 0.15) is 0 Å². The van der Waals surface area contributed by atoms with Crippen molar-refractivity contribution in [1.29, 1.82) is 0 Å². The summed E-state index contributed by atoms with van der Waals surface area (Å²) in [6.07, 6.45) is 0. The third kappa shape index (κ3) is 5.67. The van der Waals surface area contributed by atoms with Crippen molar-refractivity contribution in [2.45, 2.75) is 0 Å². The number of benzene rings is 7. The van der Waals surface area contributed by atoms with E-state index in [0.717, 1.165) is 62.8 Å². The van der Waals surface area contributed by atoms with Crippen LogP contribution in [0.2, 0.25) is 0 Å². The molecule has 1 heterocycles. The first-order valence-corrected chi connectivity index (χ1v) is 16.5. The molecule has 0 atom stereocenters. The molecule has 0 amide bonds. The van der Waals surface area contributed by atoms with Gasteiger partial charge in [0.15, 0.2) is 46.5 Å². The average Bonchev–Trinajstić information content (AvgIpc) is 3.49. The predicted molar refractivity (Wildman–Crippen MR) is 191 cm³/mol. The molecule has 0 radical (unpaired) electrons. The standard InChI is InChI=1S/C43H22F10N2/c1-54-30-17-9-23(21-5-3-2-4-6-21)19-28(30)29-20-24(10-18-31(29)54)22-7-13-26(14-8-22)55(27-15-11-25(44)12-16-27)43-41(52)36(47)33(37(48)42(43)53)32-34(45)38(49)40(51)39(50)35(32)46/h2-20H,1H3. The van der Waals surface area contributed by atoms with Crippen molar-refractivity contribution in [3.05, 3.63) is 173 Å². The van der Waals surface area contributed by atoms with Gasteiger partial charge in [0.1, 0.15) is 11.5 Å². The van der Waals surface area contributed by atoms with E-state index in [1.165, 1.54) is 12.1 Å². The number of aryl methyl sites for hydroxylation is 1. The molecule has 0 aliphatic carbocycles. The molecule has 0 saturated heterocycles. The van der Waals surface area contributed by atoms with Crippen LogP contribution in [0.5, 0.6) is 0 Å². The number of anilines is 3. The van der Waals surface area contributed by atoms with Crippen LogP contribution in [0.3, 0.4) is 0 Å². The SMILES string of the molecule is Cn1c2ccc(-c3ccccc3)cc2c2cc(-c3ccc(N(c4ccc(F)cc4)c4c(F)c(F)c(-c5c(F)c(F)c(F)c(F)c5F)c(F)c4F)cc3)ccc21. The molecule has 8 aromatic rings. The lowest BCUT2D eigenvalue weighted by Crippen LogP contribution is -2.17. The Morgan fingerprint density at radius 2 is 0.764 bits per heavy atom. The first-order valence-electron chi connectivity index (χ1n) is 16.5. The average molecular weight is 757 g/mol. The molecule has 0 aliphatic heterocycles. The van der Waals surface area contributed by atoms with Crippen molar-refractivity contribution >= 4 is 38.9 Å². The molecule has 0 spiro atoms. The summed E-state index contributed by atoms with van der Waals surface area (Å²) in [4.78, 5) is 0.682. The van der Waals surface area contributed by atoms with Crippen molar-refractivity contribution in [2.24, 2.45) is 7.05 Å². The monoisotopic (exact) mass is 756 g/mol. The Kier molecular flexibility index (Phi) is 8.63. The van der Waals surface area contributed by atoms with E-state index in [0.29, 0.717) is 10.5 Å². The summed E-state index contributed by atoms with van der Waals surface area (Å²) in [5, 5.41) is 1.93. The summed E-state index contributed by atoms with van der Waals surface area (Å²) in [6.45, 7) is 0. The van der Waals surface area contributed by atoms with Crippen LogP contribution < -0.4 is 4.90 Å². The Morgan fingerprint density at radius 1 is 0.382 bits per heavy atom. The van der Waals surface area contributed by atoms with E-state index in [1.807, 2.05) is 67.7 Å². The van der Waals surface area contributed by atoms with Gasteiger partial charge in [-0.25, -0.2) is 43.9 Å². The lowest BCUT2D eigenvalue weighted by molar-refractivity contribution is 0.379. The minimum Gasteiger partial charge on any atom is -0.344 e. The van der Waals surface area contributed by atoms with Gasteiger partial charge >= 0.3 is 0 Å². The molecule has 0 fully saturated rings. The van der Waals surface area contributed by atoms with E-state index in [2.05, 4.69) is 10.6 Å². The quantitative estimate of drug-likeness (QED) is 0.0932. The molecule has 0 aliphatic rings. The Morgan fingerprint density at radius 3 is 1.24 bits per heavy atom. The van der Waals surface area contributed by atoms with Crippen LogP contribution in [0.25, 0.3) is 55.2 Å². The third-order valence-electron chi connectivity index (χ3n) is 9.58. The molecule has 1 aromatic heterocycles. The Bertz CT molecular complexity index is 2760. The fourth-order valence-electron chi connectivity index (χ4n) is 6.87. The number of halogens is 10. The fourth-order valence-corrected chi connectivity index (χ4v) is 6.87. The van der Waals surface area contributed by atoms with Gasteiger partial charge < -0.3 is 9.47 Å². The summed E-state index contributed by atoms with van der Waals surface area (Å²) in [7, 11) is 1.95. The van der Waals surface area contributed by atoms with Crippen molar-refractivity contribution in [3.63, 3.8) is 0 Å². The van der Waals surface area contributed by atoms with Gasteiger partial charge in [-0.15, -0.1) is 0 Å². The summed E-state index contributed by atoms with van der Waals surface area (Å²) < 4.78 is 150. The predicted octanol–water partition coefficient (Wildman–Crippen LogP) is 13.2. The van der Waals surface area contributed by atoms with Gasteiger partial charge in [0.05, 0.1) is 11.1 Å². The first-order chi connectivity index (χ1) is 26.4. The highest BCUT2D eigenvalue weighted by Crippen LogP contribution is 2.45. The van der Waals surface area contributed by atoms with Crippen molar-refractivity contribution < 1.29 is 43.9 Å². The molecule has 2 nitrogen and oxygen atoms in total. The van der Waals surface area contributed by atoms with Crippen molar-refractivity contribution in [1.82, 2.24) is 4.57 Å². The van der Waals surface area contributed by atoms with Crippen LogP contribution >= 0.6 is 0 Å². The highest BCUT2D eigenvalue weighted by atomic mass is 19.2. The number of hydrogen-bond acceptors (Lipinski definition) is 1. The van der Waals surface area contributed by atoms with Gasteiger partial charge in [-0.3, -0.25) is 0 Å². The topological polar surface area (TPSA) is 8.17 Å². The van der Waals surface area contributed by atoms with Crippen LogP contribution in [0, 0.1) is 58.2 Å². The van der Waals surface area contributed by atoms with Gasteiger partial charge in [0, 0.05) is 40.2 Å². The Hall–Kier alpha value is -6.56. The third-order valence-corrected chi connectivity index (χ3v) is 9.58. The molecule has 0 bridgehead atoms. The van der Waals surface area contributed by atoms with Gasteiger partial charge in [0.2, 0.25) is 5.82 Å². The zero-order valence-electron chi connectivity index (χ0n) is 28.1. The van der Waals surface area contributed by atoms with Gasteiger partial charge in [-0.05, 0) is 82.9 Å². The summed E-state index contributed by atoms with van der Waals surface area (Å²) in [5.74, 6) is -23.3. The van der Waals surface area contributed by atoms with E-state index in [4.69, 9.17) is 0 Å². The Labute approximate surface area is 305 Å². The van der Waals surface area contributed by atoms with E-state index >= 15 is 17.6 Å². The normalized spacial score (nSPS) is 11.5. The number of nitrogens with zero attached hydrogens (tertiary/aromatic N) is 2. The maximum atomic E-state index is 16.0. The number of aromatic nitrogens is 1. The lowest BCUT2D eigenvalue weighted by Gasteiger charge is -2.27. The Balaban J connectivity index is 1.25. The van der Waals surface area contributed by atoms with E-state index < -0.39 is 75.0 Å². The molecule has 8 rings (SSSR count). The largest absolute Gasteiger partial charge is 0.344 e. The highest BCUT2D eigenvalue weighted by molar-refractivity contribution is 6.10. The second kappa shape index (κ2) is 13.4. The highest BCUT2D eigenvalue weighted by Gasteiger charge is 2.36. The fraction of sp³-hybridized carbons (Fsp3) is 0.0233. The second-order valence-electron chi connectivity index (χ2n) is 12.7. The van der Waals surface area contributed by atoms with E-state index in [1.54, 1.807) is 12.1 Å². The molecule has 55 heavy (non-hydrogen) atoms. The maximum absolute atomic E-state index is 16.0. The van der Waals surface area contributed by atoms with Gasteiger partial charge in [0.25, 0.3) is 0 Å². The zero-order valence-corrected chi connectivity index (χ0v) is 28.1. The van der Waals surface area contributed by atoms with Crippen LogP contribution in [0.15, 0.2) is 115 Å². The molecule has 7 aromatic carbocycles. The minimum absolute atomic E-state index is 0.102. The maximum Gasteiger partial charge on any atom is 0.200 e. The minimum atomic E-state index is -2.66. The molecular formula is C43H22F10N2. The smallest absolute Gasteiger partial charge is 0.200 e. The summed E-state index contributed by atoms with van der Waals surface area (Å²) in [6, 6.07) is 31.6. The van der Waals surface area contributed by atoms with Gasteiger partial charge in [-0.2, -0.15) is 0 Å². The number of hydrogen-bond donors (Lipinski definition) is 0. The number of rotatable bonds is 6. The van der Waals surface area contributed by atoms with E-state index in [-0.39, 0.29) is 11.4 Å². The molecule has 0 unspecified atom stereocenters. The molecule has 274 valence electrons. The summed E-state index contributed by atoms with van der Waals surface area (Å²) >= 11 is 0. The van der Waals surface area contributed by atoms with Gasteiger partial charge in [-0.1, -0.05) is 54.6 Å². The van der Waals surface area contributed by atoms with Crippen LogP contribution in [0.4, 0.5) is 61.0 Å². The van der Waals surface area contributed by atoms with E-state index in [9.17, 15) is 26.3 Å². The first kappa shape index (κ1) is 35.5. The summed E-state index contributed by atoms with van der Waals surface area (Å²) in [5.41, 5.74) is -0.743. The molecule has 0 N–H and O–H groups in total. The van der Waals surface area contributed by atoms with Crippen molar-refractivity contribution in [2.75, 3.05) is 4.90 Å². The van der Waals surface area contributed by atoms with Crippen molar-refractivity contribution in [3.8, 4) is 33.4 Å². The molecule has 0 saturated carbocycles.